The van der Waals surface area contributed by atoms with Gasteiger partial charge >= 0.3 is 5.97 Å². The molecule has 160 valence electrons. The van der Waals surface area contributed by atoms with Crippen LogP contribution in [0.1, 0.15) is 46.5 Å². The molecule has 2 heterocycles. The number of aliphatic hydroxyl groups excluding tert-OH is 2. The second-order valence-electron chi connectivity index (χ2n) is 10.7. The normalized spacial score (nSPS) is 54.7. The summed E-state index contributed by atoms with van der Waals surface area (Å²) in [5.41, 5.74) is -2.44. The molecular weight excluding hydrogens is 376 g/mol. The SMILES string of the molecule is C=C1C(=O)[C@]23C[C@H]1C[C@H](O)[C@H]2C12CO[C@]3(O)[C@@H](O)[C@@H]1C(C)(C)CC[C@@H]2OC(C)=O. The number of hydrogen-bond acceptors (Lipinski definition) is 7. The van der Waals surface area contributed by atoms with E-state index < -0.39 is 58.1 Å². The Kier molecular flexibility index (Phi) is 3.73. The topological polar surface area (TPSA) is 113 Å². The van der Waals surface area contributed by atoms with E-state index in [1.165, 1.54) is 6.92 Å². The first-order valence-corrected chi connectivity index (χ1v) is 10.6. The predicted octanol–water partition coefficient (Wildman–Crippen LogP) is 0.946. The number of esters is 1. The molecule has 7 nitrogen and oxygen atoms in total. The molecule has 4 bridgehead atoms. The van der Waals surface area contributed by atoms with Crippen molar-refractivity contribution in [2.45, 2.75) is 70.6 Å². The maximum absolute atomic E-state index is 13.5. The van der Waals surface area contributed by atoms with Crippen molar-refractivity contribution in [1.29, 1.82) is 0 Å². The third-order valence-electron chi connectivity index (χ3n) is 9.06. The fourth-order valence-electron chi connectivity index (χ4n) is 8.23. The Hall–Kier alpha value is -1.28. The Balaban J connectivity index is 1.79. The lowest BCUT2D eigenvalue weighted by molar-refractivity contribution is -0.455. The van der Waals surface area contributed by atoms with Crippen molar-refractivity contribution in [3.63, 3.8) is 0 Å². The number of fused-ring (bicyclic) bond motifs is 2. The standard InChI is InChI=1S/C22H30O7/c1-10-12-7-13(24)15-20-9-28-22(27,21(15,8-12)17(10)25)18(26)16(20)19(3,4)6-5-14(20)29-11(2)23/h12-16,18,24,26-27H,1,5-9H2,2-4H3/t12-,13+,14+,15+,16-,18+,20?,21+,22-/m1/s1. The number of hydrogen-bond donors (Lipinski definition) is 3. The maximum atomic E-state index is 13.5. The summed E-state index contributed by atoms with van der Waals surface area (Å²) in [6.45, 7) is 9.36. The Morgan fingerprint density at radius 1 is 1.28 bits per heavy atom. The van der Waals surface area contributed by atoms with E-state index in [4.69, 9.17) is 9.47 Å². The molecule has 0 aromatic carbocycles. The van der Waals surface area contributed by atoms with Crippen LogP contribution in [0.4, 0.5) is 0 Å². The number of carbonyl (C=O) groups is 2. The van der Waals surface area contributed by atoms with Crippen LogP contribution in [0.5, 0.6) is 0 Å². The molecule has 4 aliphatic carbocycles. The number of allylic oxidation sites excluding steroid dienone is 1. The molecule has 0 aromatic rings. The van der Waals surface area contributed by atoms with Crippen LogP contribution >= 0.6 is 0 Å². The molecule has 2 saturated heterocycles. The van der Waals surface area contributed by atoms with E-state index in [0.29, 0.717) is 31.3 Å². The fourth-order valence-corrected chi connectivity index (χ4v) is 8.23. The Morgan fingerprint density at radius 3 is 2.62 bits per heavy atom. The molecule has 0 amide bonds. The van der Waals surface area contributed by atoms with Gasteiger partial charge < -0.3 is 24.8 Å². The lowest BCUT2D eigenvalue weighted by Crippen LogP contribution is -2.85. The first-order chi connectivity index (χ1) is 13.4. The highest BCUT2D eigenvalue weighted by atomic mass is 16.6. The van der Waals surface area contributed by atoms with E-state index in [0.717, 1.165) is 0 Å². The number of aliphatic hydroxyl groups is 3. The second-order valence-corrected chi connectivity index (χ2v) is 10.7. The molecule has 29 heavy (non-hydrogen) atoms. The second kappa shape index (κ2) is 5.49. The molecule has 0 aromatic heterocycles. The van der Waals surface area contributed by atoms with Crippen molar-refractivity contribution in [3.05, 3.63) is 12.2 Å². The van der Waals surface area contributed by atoms with E-state index in [2.05, 4.69) is 6.58 Å². The molecule has 6 rings (SSSR count). The zero-order chi connectivity index (χ0) is 21.1. The summed E-state index contributed by atoms with van der Waals surface area (Å²) in [6.07, 6.45) is -0.908. The Bertz CT molecular complexity index is 820. The number of ether oxygens (including phenoxy) is 2. The van der Waals surface area contributed by atoms with Crippen molar-refractivity contribution in [2.75, 3.05) is 6.61 Å². The van der Waals surface area contributed by atoms with Crippen molar-refractivity contribution in [1.82, 2.24) is 0 Å². The quantitative estimate of drug-likeness (QED) is 0.439. The maximum Gasteiger partial charge on any atom is 0.302 e. The van der Waals surface area contributed by atoms with Gasteiger partial charge in [-0.15, -0.1) is 0 Å². The molecule has 0 radical (unpaired) electrons. The van der Waals surface area contributed by atoms with Crippen molar-refractivity contribution in [3.8, 4) is 0 Å². The van der Waals surface area contributed by atoms with Crippen molar-refractivity contribution >= 4 is 11.8 Å². The van der Waals surface area contributed by atoms with Gasteiger partial charge in [-0.2, -0.15) is 0 Å². The highest BCUT2D eigenvalue weighted by molar-refractivity contribution is 6.04. The molecule has 6 aliphatic rings. The van der Waals surface area contributed by atoms with Gasteiger partial charge in [0.15, 0.2) is 5.78 Å². The molecule has 6 fully saturated rings. The summed E-state index contributed by atoms with van der Waals surface area (Å²) in [4.78, 5) is 25.5. The summed E-state index contributed by atoms with van der Waals surface area (Å²) in [6, 6.07) is 0. The van der Waals surface area contributed by atoms with E-state index in [-0.39, 0.29) is 18.3 Å². The van der Waals surface area contributed by atoms with E-state index >= 15 is 0 Å². The molecule has 2 spiro atoms. The smallest absolute Gasteiger partial charge is 0.302 e. The fraction of sp³-hybridized carbons (Fsp3) is 0.818. The van der Waals surface area contributed by atoms with Gasteiger partial charge in [-0.05, 0) is 42.6 Å². The van der Waals surface area contributed by atoms with Crippen LogP contribution in [-0.2, 0) is 19.1 Å². The van der Waals surface area contributed by atoms with Crippen LogP contribution < -0.4 is 0 Å². The first kappa shape index (κ1) is 19.7. The van der Waals surface area contributed by atoms with Crippen LogP contribution in [0, 0.1) is 34.0 Å². The summed E-state index contributed by atoms with van der Waals surface area (Å²) >= 11 is 0. The minimum Gasteiger partial charge on any atom is -0.462 e. The van der Waals surface area contributed by atoms with Gasteiger partial charge in [0.2, 0.25) is 5.79 Å². The molecule has 4 saturated carbocycles. The molecule has 1 unspecified atom stereocenters. The average molecular weight is 406 g/mol. The van der Waals surface area contributed by atoms with Gasteiger partial charge in [-0.3, -0.25) is 9.59 Å². The zero-order valence-electron chi connectivity index (χ0n) is 17.2. The third-order valence-corrected chi connectivity index (χ3v) is 9.06. The van der Waals surface area contributed by atoms with Gasteiger partial charge in [0, 0.05) is 24.2 Å². The summed E-state index contributed by atoms with van der Waals surface area (Å²) in [7, 11) is 0. The van der Waals surface area contributed by atoms with E-state index in [9.17, 15) is 24.9 Å². The third kappa shape index (κ3) is 1.94. The molecular formula is C22H30O7. The summed E-state index contributed by atoms with van der Waals surface area (Å²) in [5, 5.41) is 34.6. The van der Waals surface area contributed by atoms with E-state index in [1.807, 2.05) is 13.8 Å². The molecule has 9 atom stereocenters. The highest BCUT2D eigenvalue weighted by Gasteiger charge is 2.86. The Labute approximate surface area is 170 Å². The van der Waals surface area contributed by atoms with Gasteiger partial charge in [0.25, 0.3) is 0 Å². The summed E-state index contributed by atoms with van der Waals surface area (Å²) in [5.74, 6) is -4.26. The number of rotatable bonds is 1. The lowest BCUT2D eigenvalue weighted by Gasteiger charge is -2.74. The van der Waals surface area contributed by atoms with Crippen LogP contribution in [0.25, 0.3) is 0 Å². The molecule has 7 heteroatoms. The average Bonchev–Trinajstić information content (AvgIpc) is 2.82. The van der Waals surface area contributed by atoms with Gasteiger partial charge in [0.05, 0.1) is 18.1 Å². The van der Waals surface area contributed by atoms with Crippen LogP contribution in [-0.4, -0.2) is 57.8 Å². The van der Waals surface area contributed by atoms with Gasteiger partial charge in [-0.25, -0.2) is 0 Å². The number of Topliss-reactive ketones (excluding diaryl/α,β-unsaturated/α-hetero) is 1. The minimum atomic E-state index is -2.09. The van der Waals surface area contributed by atoms with E-state index in [1.54, 1.807) is 0 Å². The lowest BCUT2D eigenvalue weighted by atomic mass is 9.35. The van der Waals surface area contributed by atoms with Crippen molar-refractivity contribution < 1.29 is 34.4 Å². The van der Waals surface area contributed by atoms with Crippen LogP contribution in [0.2, 0.25) is 0 Å². The monoisotopic (exact) mass is 406 g/mol. The van der Waals surface area contributed by atoms with Gasteiger partial charge in [0.1, 0.15) is 12.2 Å². The largest absolute Gasteiger partial charge is 0.462 e. The molecule has 3 N–H and O–H groups in total. The first-order valence-electron chi connectivity index (χ1n) is 10.6. The Morgan fingerprint density at radius 2 is 1.97 bits per heavy atom. The number of ketones is 1. The van der Waals surface area contributed by atoms with Crippen LogP contribution in [0.3, 0.4) is 0 Å². The van der Waals surface area contributed by atoms with Crippen LogP contribution in [0.15, 0.2) is 12.2 Å². The molecule has 2 aliphatic heterocycles. The zero-order valence-corrected chi connectivity index (χ0v) is 17.2. The minimum absolute atomic E-state index is 0.0283. The summed E-state index contributed by atoms with van der Waals surface area (Å²) < 4.78 is 11.7. The van der Waals surface area contributed by atoms with Gasteiger partial charge in [-0.1, -0.05) is 20.4 Å². The van der Waals surface area contributed by atoms with Crippen molar-refractivity contribution in [2.24, 2.45) is 34.0 Å². The highest BCUT2D eigenvalue weighted by Crippen LogP contribution is 2.76. The predicted molar refractivity (Wildman–Crippen MR) is 100 cm³/mol. The number of carbonyl (C=O) groups excluding carboxylic acids is 2.